The van der Waals surface area contributed by atoms with E-state index in [2.05, 4.69) is 10.3 Å². The maximum absolute atomic E-state index is 12.7. The van der Waals surface area contributed by atoms with Gasteiger partial charge in [-0.3, -0.25) is 9.78 Å². The molecule has 2 rings (SSSR count). The van der Waals surface area contributed by atoms with E-state index in [0.717, 1.165) is 5.56 Å². The van der Waals surface area contributed by atoms with Gasteiger partial charge in [0, 0.05) is 11.9 Å². The Morgan fingerprint density at radius 2 is 1.94 bits per heavy atom. The first kappa shape index (κ1) is 11.3. The molecule has 0 fully saturated rings. The smallest absolute Gasteiger partial charge is 0.274 e. The zero-order valence-electron chi connectivity index (χ0n) is 9.27. The third-order valence-corrected chi connectivity index (χ3v) is 2.25. The van der Waals surface area contributed by atoms with Gasteiger partial charge in [-0.15, -0.1) is 0 Å². The Labute approximate surface area is 98.3 Å². The van der Waals surface area contributed by atoms with Crippen molar-refractivity contribution in [1.29, 1.82) is 0 Å². The first-order chi connectivity index (χ1) is 8.15. The summed E-state index contributed by atoms with van der Waals surface area (Å²) in [5, 5.41) is 2.64. The van der Waals surface area contributed by atoms with Gasteiger partial charge in [-0.2, -0.15) is 0 Å². The highest BCUT2D eigenvalue weighted by molar-refractivity contribution is 6.02. The molecule has 0 spiro atoms. The average molecular weight is 230 g/mol. The number of amides is 1. The van der Waals surface area contributed by atoms with Crippen molar-refractivity contribution in [2.75, 3.05) is 5.32 Å². The minimum Gasteiger partial charge on any atom is -0.321 e. The van der Waals surface area contributed by atoms with E-state index in [0.29, 0.717) is 11.4 Å². The number of hydrogen-bond acceptors (Lipinski definition) is 2. The Hall–Kier alpha value is -2.23. The van der Waals surface area contributed by atoms with E-state index in [9.17, 15) is 9.18 Å². The molecular weight excluding hydrogens is 219 g/mol. The quantitative estimate of drug-likeness (QED) is 0.861. The standard InChI is InChI=1S/C13H11FN2O/c1-9-6-7-15-12(8-9)13(17)16-11-4-2-10(14)3-5-11/h2-8H,1H3,(H,16,17). The molecule has 1 N–H and O–H groups in total. The fraction of sp³-hybridized carbons (Fsp3) is 0.0769. The number of anilines is 1. The molecule has 86 valence electrons. The fourth-order valence-electron chi connectivity index (χ4n) is 1.39. The lowest BCUT2D eigenvalue weighted by Gasteiger charge is -2.04. The van der Waals surface area contributed by atoms with E-state index in [1.165, 1.54) is 24.3 Å². The minimum atomic E-state index is -0.336. The van der Waals surface area contributed by atoms with Gasteiger partial charge in [-0.05, 0) is 48.9 Å². The van der Waals surface area contributed by atoms with Crippen LogP contribution < -0.4 is 5.32 Å². The molecule has 0 aliphatic heterocycles. The summed E-state index contributed by atoms with van der Waals surface area (Å²) in [6.07, 6.45) is 1.58. The highest BCUT2D eigenvalue weighted by atomic mass is 19.1. The van der Waals surface area contributed by atoms with E-state index >= 15 is 0 Å². The van der Waals surface area contributed by atoms with Crippen LogP contribution in [0.3, 0.4) is 0 Å². The van der Waals surface area contributed by atoms with Gasteiger partial charge < -0.3 is 5.32 Å². The Balaban J connectivity index is 2.14. The molecule has 0 bridgehead atoms. The number of rotatable bonds is 2. The molecule has 3 nitrogen and oxygen atoms in total. The van der Waals surface area contributed by atoms with Crippen LogP contribution in [0.1, 0.15) is 16.1 Å². The number of pyridine rings is 1. The zero-order chi connectivity index (χ0) is 12.3. The molecule has 1 heterocycles. The normalized spacial score (nSPS) is 10.0. The Morgan fingerprint density at radius 3 is 2.59 bits per heavy atom. The van der Waals surface area contributed by atoms with Crippen LogP contribution in [-0.2, 0) is 0 Å². The van der Waals surface area contributed by atoms with E-state index in [1.54, 1.807) is 12.3 Å². The predicted molar refractivity (Wildman–Crippen MR) is 63.3 cm³/mol. The molecule has 17 heavy (non-hydrogen) atoms. The van der Waals surface area contributed by atoms with Crippen molar-refractivity contribution in [3.05, 3.63) is 59.7 Å². The summed E-state index contributed by atoms with van der Waals surface area (Å²) in [7, 11) is 0. The van der Waals surface area contributed by atoms with E-state index in [4.69, 9.17) is 0 Å². The summed E-state index contributed by atoms with van der Waals surface area (Å²) < 4.78 is 12.7. The fourth-order valence-corrected chi connectivity index (χ4v) is 1.39. The lowest BCUT2D eigenvalue weighted by molar-refractivity contribution is 0.102. The first-order valence-corrected chi connectivity index (χ1v) is 5.15. The number of halogens is 1. The zero-order valence-corrected chi connectivity index (χ0v) is 9.27. The molecule has 0 radical (unpaired) electrons. The number of carbonyl (C=O) groups excluding carboxylic acids is 1. The van der Waals surface area contributed by atoms with Crippen molar-refractivity contribution in [3.8, 4) is 0 Å². The number of benzene rings is 1. The van der Waals surface area contributed by atoms with Gasteiger partial charge in [0.1, 0.15) is 11.5 Å². The summed E-state index contributed by atoms with van der Waals surface area (Å²) >= 11 is 0. The molecule has 0 aliphatic carbocycles. The number of aryl methyl sites for hydroxylation is 1. The summed E-state index contributed by atoms with van der Waals surface area (Å²) in [6, 6.07) is 9.10. The maximum Gasteiger partial charge on any atom is 0.274 e. The van der Waals surface area contributed by atoms with Crippen molar-refractivity contribution in [1.82, 2.24) is 4.98 Å². The molecular formula is C13H11FN2O. The minimum absolute atomic E-state index is 0.305. The van der Waals surface area contributed by atoms with Crippen molar-refractivity contribution >= 4 is 11.6 Å². The van der Waals surface area contributed by atoms with Crippen LogP contribution in [0.2, 0.25) is 0 Å². The number of carbonyl (C=O) groups is 1. The van der Waals surface area contributed by atoms with Gasteiger partial charge in [0.05, 0.1) is 0 Å². The summed E-state index contributed by atoms with van der Waals surface area (Å²) in [5.74, 6) is -0.642. The van der Waals surface area contributed by atoms with Crippen molar-refractivity contribution in [3.63, 3.8) is 0 Å². The second kappa shape index (κ2) is 4.74. The molecule has 0 aliphatic rings. The Bertz CT molecular complexity index is 537. The predicted octanol–water partition coefficient (Wildman–Crippen LogP) is 2.78. The molecule has 0 atom stereocenters. The average Bonchev–Trinajstić information content (AvgIpc) is 2.32. The monoisotopic (exact) mass is 230 g/mol. The van der Waals surface area contributed by atoms with Crippen LogP contribution in [0.15, 0.2) is 42.6 Å². The van der Waals surface area contributed by atoms with E-state index in [1.807, 2.05) is 13.0 Å². The third-order valence-electron chi connectivity index (χ3n) is 2.25. The number of aromatic nitrogens is 1. The SMILES string of the molecule is Cc1ccnc(C(=O)Nc2ccc(F)cc2)c1. The molecule has 0 saturated heterocycles. The summed E-state index contributed by atoms with van der Waals surface area (Å²) in [5.41, 5.74) is 1.85. The van der Waals surface area contributed by atoms with Gasteiger partial charge in [0.2, 0.25) is 0 Å². The van der Waals surface area contributed by atoms with Crippen molar-refractivity contribution in [2.45, 2.75) is 6.92 Å². The number of hydrogen-bond donors (Lipinski definition) is 1. The molecule has 2 aromatic rings. The van der Waals surface area contributed by atoms with Gasteiger partial charge in [0.15, 0.2) is 0 Å². The van der Waals surface area contributed by atoms with Gasteiger partial charge >= 0.3 is 0 Å². The van der Waals surface area contributed by atoms with Crippen LogP contribution in [0.25, 0.3) is 0 Å². The molecule has 0 unspecified atom stereocenters. The van der Waals surface area contributed by atoms with Crippen molar-refractivity contribution < 1.29 is 9.18 Å². The topological polar surface area (TPSA) is 42.0 Å². The van der Waals surface area contributed by atoms with Crippen LogP contribution >= 0.6 is 0 Å². The molecule has 1 amide bonds. The Kier molecular flexibility index (Phi) is 3.14. The van der Waals surface area contributed by atoms with Crippen LogP contribution in [0.5, 0.6) is 0 Å². The van der Waals surface area contributed by atoms with Gasteiger partial charge in [0.25, 0.3) is 5.91 Å². The van der Waals surface area contributed by atoms with Gasteiger partial charge in [-0.1, -0.05) is 0 Å². The first-order valence-electron chi connectivity index (χ1n) is 5.15. The van der Waals surface area contributed by atoms with Gasteiger partial charge in [-0.25, -0.2) is 4.39 Å². The molecule has 4 heteroatoms. The van der Waals surface area contributed by atoms with Crippen LogP contribution in [0.4, 0.5) is 10.1 Å². The lowest BCUT2D eigenvalue weighted by atomic mass is 10.2. The van der Waals surface area contributed by atoms with Crippen LogP contribution in [-0.4, -0.2) is 10.9 Å². The highest BCUT2D eigenvalue weighted by Crippen LogP contribution is 2.10. The maximum atomic E-state index is 12.7. The molecule has 0 saturated carbocycles. The second-order valence-corrected chi connectivity index (χ2v) is 3.68. The Morgan fingerprint density at radius 1 is 1.24 bits per heavy atom. The number of nitrogens with zero attached hydrogens (tertiary/aromatic N) is 1. The van der Waals surface area contributed by atoms with E-state index in [-0.39, 0.29) is 11.7 Å². The summed E-state index contributed by atoms with van der Waals surface area (Å²) in [6.45, 7) is 1.89. The number of nitrogens with one attached hydrogen (secondary N) is 1. The lowest BCUT2D eigenvalue weighted by Crippen LogP contribution is -2.13. The highest BCUT2D eigenvalue weighted by Gasteiger charge is 2.07. The molecule has 1 aromatic heterocycles. The third kappa shape index (κ3) is 2.87. The van der Waals surface area contributed by atoms with Crippen molar-refractivity contribution in [2.24, 2.45) is 0 Å². The largest absolute Gasteiger partial charge is 0.321 e. The second-order valence-electron chi connectivity index (χ2n) is 3.68. The molecule has 1 aromatic carbocycles. The summed E-state index contributed by atoms with van der Waals surface area (Å²) in [4.78, 5) is 15.8. The van der Waals surface area contributed by atoms with E-state index < -0.39 is 0 Å². The van der Waals surface area contributed by atoms with Crippen LogP contribution in [0, 0.1) is 12.7 Å².